The first kappa shape index (κ1) is 17.6. The molecule has 0 bridgehead atoms. The minimum atomic E-state index is -3.46. The summed E-state index contributed by atoms with van der Waals surface area (Å²) in [5.74, 6) is -1.34. The van der Waals surface area contributed by atoms with E-state index in [2.05, 4.69) is 10.1 Å². The number of hydrogen-bond donors (Lipinski definition) is 2. The highest BCUT2D eigenvalue weighted by molar-refractivity contribution is 7.53. The van der Waals surface area contributed by atoms with Gasteiger partial charge in [-0.15, -0.1) is 11.3 Å². The Morgan fingerprint density at radius 2 is 2.10 bits per heavy atom. The number of oxime groups is 1. The molecule has 3 N–H and O–H groups in total. The molecule has 1 rings (SSSR count). The van der Waals surface area contributed by atoms with E-state index in [-0.39, 0.29) is 24.0 Å². The van der Waals surface area contributed by atoms with E-state index in [0.717, 1.165) is 11.3 Å². The van der Waals surface area contributed by atoms with Crippen molar-refractivity contribution < 1.29 is 28.4 Å². The number of aliphatic carboxylic acids is 1. The van der Waals surface area contributed by atoms with E-state index in [9.17, 15) is 9.36 Å². The monoisotopic (exact) mass is 337 g/mol. The fourth-order valence-electron chi connectivity index (χ4n) is 1.26. The third-order valence-electron chi connectivity index (χ3n) is 1.99. The molecule has 118 valence electrons. The summed E-state index contributed by atoms with van der Waals surface area (Å²) in [6.45, 7) is 3.63. The van der Waals surface area contributed by atoms with Crippen LogP contribution in [-0.2, 0) is 23.2 Å². The molecule has 1 aromatic rings. The molecule has 1 aromatic heterocycles. The molecule has 0 atom stereocenters. The Morgan fingerprint density at radius 3 is 2.52 bits per heavy atom. The molecule has 0 saturated heterocycles. The third kappa shape index (κ3) is 5.43. The number of rotatable bonds is 9. The van der Waals surface area contributed by atoms with Gasteiger partial charge in [0, 0.05) is 5.38 Å². The lowest BCUT2D eigenvalue weighted by molar-refractivity contribution is -0.129. The summed E-state index contributed by atoms with van der Waals surface area (Å²) in [7, 11) is -3.46. The number of thiazole rings is 1. The maximum absolute atomic E-state index is 12.1. The first-order chi connectivity index (χ1) is 9.91. The number of nitrogens with two attached hydrogens (primary N) is 1. The van der Waals surface area contributed by atoms with Crippen LogP contribution < -0.4 is 5.73 Å². The number of carboxylic acid groups (broad SMARTS) is 1. The molecular weight excluding hydrogens is 321 g/mol. The molecular formula is C10H16N3O6PS. The smallest absolute Gasteiger partial charge is 0.370 e. The fraction of sp³-hybridized carbons (Fsp3) is 0.500. The van der Waals surface area contributed by atoms with Gasteiger partial charge >= 0.3 is 13.6 Å². The zero-order valence-electron chi connectivity index (χ0n) is 11.5. The molecule has 0 spiro atoms. The van der Waals surface area contributed by atoms with Crippen LogP contribution in [0.3, 0.4) is 0 Å². The highest BCUT2D eigenvalue weighted by Crippen LogP contribution is 2.47. The highest BCUT2D eigenvalue weighted by atomic mass is 32.1. The van der Waals surface area contributed by atoms with Crippen LogP contribution in [-0.4, -0.2) is 41.3 Å². The number of aromatic nitrogens is 1. The van der Waals surface area contributed by atoms with E-state index in [0.29, 0.717) is 0 Å². The minimum absolute atomic E-state index is 0.0626. The standard InChI is InChI=1S/C10H16N3O6PS/c1-3-18-20(16,19-4-2)6-17-13-8(9(14)15)7-5-21-10(11)12-7/h5H,3-4,6H2,1-2H3,(H2,11,12)(H,14,15). The highest BCUT2D eigenvalue weighted by Gasteiger charge is 2.25. The Hall–Kier alpha value is -1.48. The van der Waals surface area contributed by atoms with E-state index < -0.39 is 25.6 Å². The van der Waals surface area contributed by atoms with Crippen molar-refractivity contribution in [3.63, 3.8) is 0 Å². The summed E-state index contributed by atoms with van der Waals surface area (Å²) in [5, 5.41) is 14.1. The molecule has 0 fully saturated rings. The van der Waals surface area contributed by atoms with Crippen LogP contribution >= 0.6 is 18.9 Å². The molecule has 0 unspecified atom stereocenters. The lowest BCUT2D eigenvalue weighted by Crippen LogP contribution is -2.16. The van der Waals surface area contributed by atoms with Crippen molar-refractivity contribution in [1.29, 1.82) is 0 Å². The average Bonchev–Trinajstić information content (AvgIpc) is 2.81. The van der Waals surface area contributed by atoms with E-state index in [4.69, 9.17) is 24.7 Å². The van der Waals surface area contributed by atoms with Crippen molar-refractivity contribution >= 4 is 35.7 Å². The van der Waals surface area contributed by atoms with Crippen molar-refractivity contribution in [3.8, 4) is 0 Å². The number of anilines is 1. The van der Waals surface area contributed by atoms with Gasteiger partial charge in [-0.1, -0.05) is 5.16 Å². The molecule has 0 aliphatic carbocycles. The number of hydrogen-bond acceptors (Lipinski definition) is 9. The van der Waals surface area contributed by atoms with E-state index in [1.807, 2.05) is 0 Å². The number of carboxylic acids is 1. The van der Waals surface area contributed by atoms with Crippen LogP contribution in [0.1, 0.15) is 19.5 Å². The van der Waals surface area contributed by atoms with Gasteiger partial charge in [0.1, 0.15) is 5.69 Å². The van der Waals surface area contributed by atoms with E-state index >= 15 is 0 Å². The first-order valence-corrected chi connectivity index (χ1v) is 8.55. The molecule has 9 nitrogen and oxygen atoms in total. The molecule has 0 amide bonds. The summed E-state index contributed by atoms with van der Waals surface area (Å²) in [6.07, 6.45) is -0.495. The zero-order valence-corrected chi connectivity index (χ0v) is 13.2. The second-order valence-electron chi connectivity index (χ2n) is 3.52. The molecule has 0 aliphatic rings. The fourth-order valence-corrected chi connectivity index (χ4v) is 3.02. The SMILES string of the molecule is CCOP(=O)(CON=C(C(=O)O)c1csc(N)n1)OCC. The van der Waals surface area contributed by atoms with Crippen LogP contribution in [0.2, 0.25) is 0 Å². The lowest BCUT2D eigenvalue weighted by atomic mass is 10.3. The predicted octanol–water partition coefficient (Wildman–Crippen LogP) is 1.75. The van der Waals surface area contributed by atoms with Gasteiger partial charge in [-0.25, -0.2) is 9.78 Å². The summed E-state index contributed by atoms with van der Waals surface area (Å²) >= 11 is 1.07. The first-order valence-electron chi connectivity index (χ1n) is 5.94. The maximum Gasteiger partial charge on any atom is 0.370 e. The average molecular weight is 337 g/mol. The topological polar surface area (TPSA) is 133 Å². The van der Waals surface area contributed by atoms with Gasteiger partial charge in [0.05, 0.1) is 13.2 Å². The van der Waals surface area contributed by atoms with Crippen molar-refractivity contribution in [1.82, 2.24) is 4.98 Å². The van der Waals surface area contributed by atoms with Crippen molar-refractivity contribution in [2.24, 2.45) is 5.16 Å². The maximum atomic E-state index is 12.1. The summed E-state index contributed by atoms with van der Waals surface area (Å²) in [6, 6.07) is 0. The van der Waals surface area contributed by atoms with Crippen LogP contribution in [0, 0.1) is 0 Å². The van der Waals surface area contributed by atoms with E-state index in [1.165, 1.54) is 5.38 Å². The molecule has 0 saturated carbocycles. The molecule has 0 aromatic carbocycles. The molecule has 11 heteroatoms. The third-order valence-corrected chi connectivity index (χ3v) is 4.40. The number of carbonyl (C=O) groups is 1. The Balaban J connectivity index is 2.79. The lowest BCUT2D eigenvalue weighted by Gasteiger charge is -2.15. The number of nitrogens with zero attached hydrogens (tertiary/aromatic N) is 2. The Kier molecular flexibility index (Phi) is 6.76. The zero-order chi connectivity index (χ0) is 15.9. The quantitative estimate of drug-likeness (QED) is 0.395. The van der Waals surface area contributed by atoms with Crippen molar-refractivity contribution in [2.45, 2.75) is 13.8 Å². The second-order valence-corrected chi connectivity index (χ2v) is 6.41. The Morgan fingerprint density at radius 1 is 1.48 bits per heavy atom. The normalized spacial score (nSPS) is 12.4. The van der Waals surface area contributed by atoms with Gasteiger partial charge in [-0.3, -0.25) is 4.57 Å². The second kappa shape index (κ2) is 8.08. The molecule has 21 heavy (non-hydrogen) atoms. The van der Waals surface area contributed by atoms with Crippen LogP contribution in [0.25, 0.3) is 0 Å². The minimum Gasteiger partial charge on any atom is -0.476 e. The number of nitrogen functional groups attached to an aromatic ring is 1. The van der Waals surface area contributed by atoms with Crippen LogP contribution in [0.15, 0.2) is 10.5 Å². The molecule has 0 aliphatic heterocycles. The largest absolute Gasteiger partial charge is 0.476 e. The summed E-state index contributed by atoms with van der Waals surface area (Å²) in [5.41, 5.74) is 5.05. The summed E-state index contributed by atoms with van der Waals surface area (Å²) < 4.78 is 22.0. The van der Waals surface area contributed by atoms with Gasteiger partial charge in [0.15, 0.2) is 5.13 Å². The van der Waals surface area contributed by atoms with Gasteiger partial charge in [-0.05, 0) is 13.8 Å². The predicted molar refractivity (Wildman–Crippen MR) is 77.5 cm³/mol. The molecule has 0 radical (unpaired) electrons. The van der Waals surface area contributed by atoms with Crippen LogP contribution in [0.4, 0.5) is 5.13 Å². The molecule has 1 heterocycles. The van der Waals surface area contributed by atoms with Crippen LogP contribution in [0.5, 0.6) is 0 Å². The van der Waals surface area contributed by atoms with Gasteiger partial charge in [-0.2, -0.15) is 0 Å². The van der Waals surface area contributed by atoms with E-state index in [1.54, 1.807) is 13.8 Å². The van der Waals surface area contributed by atoms with Gasteiger partial charge in [0.2, 0.25) is 12.1 Å². The van der Waals surface area contributed by atoms with Gasteiger partial charge in [0.25, 0.3) is 0 Å². The Bertz CT molecular complexity index is 551. The van der Waals surface area contributed by atoms with Gasteiger partial charge < -0.3 is 24.7 Å². The van der Waals surface area contributed by atoms with Crippen molar-refractivity contribution in [3.05, 3.63) is 11.1 Å². The Labute approximate surface area is 125 Å². The summed E-state index contributed by atoms with van der Waals surface area (Å²) in [4.78, 5) is 19.7. The van der Waals surface area contributed by atoms with Crippen molar-refractivity contribution in [2.75, 3.05) is 25.3 Å².